The lowest BCUT2D eigenvalue weighted by atomic mass is 10.1. The molecule has 0 fully saturated rings. The summed E-state index contributed by atoms with van der Waals surface area (Å²) in [5, 5.41) is 18.3. The number of rotatable bonds is 4. The maximum Gasteiger partial charge on any atom is 0.125 e. The number of hydrogen-bond acceptors (Lipinski definition) is 3. The summed E-state index contributed by atoms with van der Waals surface area (Å²) in [6, 6.07) is 7.18. The number of para-hydroxylation sites is 1. The standard InChI is InChI=1S/C11H16O3/c1-8(2)14-11-6-4-3-5-9(11)10(13)7-12/h3-6,8,10,12-13H,7H2,1-2H3. The van der Waals surface area contributed by atoms with Crippen molar-refractivity contribution >= 4 is 0 Å². The molecular formula is C11H16O3. The van der Waals surface area contributed by atoms with Crippen molar-refractivity contribution in [2.24, 2.45) is 0 Å². The van der Waals surface area contributed by atoms with Gasteiger partial charge < -0.3 is 14.9 Å². The van der Waals surface area contributed by atoms with Crippen molar-refractivity contribution in [3.05, 3.63) is 29.8 Å². The van der Waals surface area contributed by atoms with Crippen molar-refractivity contribution < 1.29 is 14.9 Å². The summed E-state index contributed by atoms with van der Waals surface area (Å²) in [6.07, 6.45) is -0.813. The minimum atomic E-state index is -0.870. The van der Waals surface area contributed by atoms with Gasteiger partial charge in [-0.25, -0.2) is 0 Å². The van der Waals surface area contributed by atoms with E-state index in [1.54, 1.807) is 18.2 Å². The van der Waals surface area contributed by atoms with Crippen LogP contribution in [0.25, 0.3) is 0 Å². The molecule has 0 aliphatic carbocycles. The Balaban J connectivity index is 2.91. The summed E-state index contributed by atoms with van der Waals surface area (Å²) in [5.41, 5.74) is 0.628. The fourth-order valence-corrected chi connectivity index (χ4v) is 1.22. The van der Waals surface area contributed by atoms with Crippen LogP contribution in [0.15, 0.2) is 24.3 Å². The summed E-state index contributed by atoms with van der Waals surface area (Å²) in [7, 11) is 0. The van der Waals surface area contributed by atoms with Gasteiger partial charge in [-0.1, -0.05) is 18.2 Å². The molecule has 0 bridgehead atoms. The van der Waals surface area contributed by atoms with Crippen LogP contribution in [0.2, 0.25) is 0 Å². The number of aliphatic hydroxyl groups is 2. The lowest BCUT2D eigenvalue weighted by molar-refractivity contribution is 0.0912. The maximum absolute atomic E-state index is 9.49. The number of ether oxygens (including phenoxy) is 1. The van der Waals surface area contributed by atoms with Crippen LogP contribution in [0.3, 0.4) is 0 Å². The molecule has 0 aliphatic rings. The van der Waals surface area contributed by atoms with Gasteiger partial charge in [0, 0.05) is 5.56 Å². The molecule has 3 heteroatoms. The molecule has 0 heterocycles. The lowest BCUT2D eigenvalue weighted by Crippen LogP contribution is -2.10. The van der Waals surface area contributed by atoms with Crippen molar-refractivity contribution in [3.63, 3.8) is 0 Å². The molecular weight excluding hydrogens is 180 g/mol. The highest BCUT2D eigenvalue weighted by Gasteiger charge is 2.12. The van der Waals surface area contributed by atoms with Gasteiger partial charge in [-0.2, -0.15) is 0 Å². The van der Waals surface area contributed by atoms with Crippen LogP contribution in [0.1, 0.15) is 25.5 Å². The van der Waals surface area contributed by atoms with E-state index in [1.165, 1.54) is 0 Å². The molecule has 1 aromatic carbocycles. The van der Waals surface area contributed by atoms with E-state index in [4.69, 9.17) is 9.84 Å². The summed E-state index contributed by atoms with van der Waals surface area (Å²) < 4.78 is 5.50. The van der Waals surface area contributed by atoms with Crippen molar-refractivity contribution in [2.45, 2.75) is 26.1 Å². The molecule has 1 rings (SSSR count). The normalized spacial score (nSPS) is 12.9. The lowest BCUT2D eigenvalue weighted by Gasteiger charge is -2.16. The molecule has 0 aliphatic heterocycles. The Morgan fingerprint density at radius 3 is 2.50 bits per heavy atom. The van der Waals surface area contributed by atoms with Crippen molar-refractivity contribution in [1.82, 2.24) is 0 Å². The fraction of sp³-hybridized carbons (Fsp3) is 0.455. The molecule has 14 heavy (non-hydrogen) atoms. The molecule has 78 valence electrons. The Morgan fingerprint density at radius 2 is 1.93 bits per heavy atom. The minimum Gasteiger partial charge on any atom is -0.491 e. The second-order valence-electron chi connectivity index (χ2n) is 3.40. The van der Waals surface area contributed by atoms with Gasteiger partial charge in [0.1, 0.15) is 11.9 Å². The molecule has 1 atom stereocenters. The molecule has 0 amide bonds. The second kappa shape index (κ2) is 4.98. The van der Waals surface area contributed by atoms with Crippen LogP contribution in [-0.2, 0) is 0 Å². The van der Waals surface area contributed by atoms with Crippen LogP contribution in [-0.4, -0.2) is 22.9 Å². The van der Waals surface area contributed by atoms with E-state index in [2.05, 4.69) is 0 Å². The zero-order valence-electron chi connectivity index (χ0n) is 8.47. The molecule has 3 nitrogen and oxygen atoms in total. The van der Waals surface area contributed by atoms with Gasteiger partial charge in [-0.15, -0.1) is 0 Å². The molecule has 0 spiro atoms. The molecule has 1 aromatic rings. The first-order valence-electron chi connectivity index (χ1n) is 4.69. The number of hydrogen-bond donors (Lipinski definition) is 2. The van der Waals surface area contributed by atoms with E-state index < -0.39 is 6.10 Å². The summed E-state index contributed by atoms with van der Waals surface area (Å²) in [5.74, 6) is 0.629. The van der Waals surface area contributed by atoms with Crippen molar-refractivity contribution in [1.29, 1.82) is 0 Å². The summed E-state index contributed by atoms with van der Waals surface area (Å²) >= 11 is 0. The third-order valence-electron chi connectivity index (χ3n) is 1.81. The molecule has 0 aromatic heterocycles. The van der Waals surface area contributed by atoms with E-state index in [0.29, 0.717) is 11.3 Å². The van der Waals surface area contributed by atoms with Gasteiger partial charge in [-0.3, -0.25) is 0 Å². The molecule has 0 radical (unpaired) electrons. The van der Waals surface area contributed by atoms with Crippen LogP contribution in [0, 0.1) is 0 Å². The van der Waals surface area contributed by atoms with Gasteiger partial charge in [0.25, 0.3) is 0 Å². The monoisotopic (exact) mass is 196 g/mol. The van der Waals surface area contributed by atoms with Crippen molar-refractivity contribution in [2.75, 3.05) is 6.61 Å². The summed E-state index contributed by atoms with van der Waals surface area (Å²) in [4.78, 5) is 0. The van der Waals surface area contributed by atoms with Crippen LogP contribution in [0.5, 0.6) is 5.75 Å². The Hall–Kier alpha value is -1.06. The maximum atomic E-state index is 9.49. The first-order chi connectivity index (χ1) is 6.65. The van der Waals surface area contributed by atoms with Crippen molar-refractivity contribution in [3.8, 4) is 5.75 Å². The fourth-order valence-electron chi connectivity index (χ4n) is 1.22. The van der Waals surface area contributed by atoms with Crippen LogP contribution < -0.4 is 4.74 Å². The third kappa shape index (κ3) is 2.72. The average Bonchev–Trinajstić information content (AvgIpc) is 2.16. The highest BCUT2D eigenvalue weighted by atomic mass is 16.5. The van der Waals surface area contributed by atoms with Crippen LogP contribution >= 0.6 is 0 Å². The van der Waals surface area contributed by atoms with E-state index >= 15 is 0 Å². The molecule has 1 unspecified atom stereocenters. The second-order valence-corrected chi connectivity index (χ2v) is 3.40. The Labute approximate surface area is 84.0 Å². The van der Waals surface area contributed by atoms with E-state index in [1.807, 2.05) is 19.9 Å². The minimum absolute atomic E-state index is 0.0574. The highest BCUT2D eigenvalue weighted by Crippen LogP contribution is 2.25. The van der Waals surface area contributed by atoms with Gasteiger partial charge >= 0.3 is 0 Å². The quantitative estimate of drug-likeness (QED) is 0.767. The van der Waals surface area contributed by atoms with E-state index in [9.17, 15) is 5.11 Å². The topological polar surface area (TPSA) is 49.7 Å². The summed E-state index contributed by atoms with van der Waals surface area (Å²) in [6.45, 7) is 3.54. The van der Waals surface area contributed by atoms with Crippen LogP contribution in [0.4, 0.5) is 0 Å². The SMILES string of the molecule is CC(C)Oc1ccccc1C(O)CO. The first kappa shape index (κ1) is 11.0. The predicted molar refractivity (Wildman–Crippen MR) is 54.3 cm³/mol. The average molecular weight is 196 g/mol. The number of aliphatic hydroxyl groups excluding tert-OH is 2. The van der Waals surface area contributed by atoms with Gasteiger partial charge in [0.15, 0.2) is 0 Å². The smallest absolute Gasteiger partial charge is 0.125 e. The highest BCUT2D eigenvalue weighted by molar-refractivity contribution is 5.35. The third-order valence-corrected chi connectivity index (χ3v) is 1.81. The Bertz CT molecular complexity index is 284. The van der Waals surface area contributed by atoms with Gasteiger partial charge in [0.05, 0.1) is 12.7 Å². The molecule has 0 saturated heterocycles. The Kier molecular flexibility index (Phi) is 3.92. The van der Waals surface area contributed by atoms with Gasteiger partial charge in [-0.05, 0) is 19.9 Å². The number of benzene rings is 1. The van der Waals surface area contributed by atoms with Gasteiger partial charge in [0.2, 0.25) is 0 Å². The largest absolute Gasteiger partial charge is 0.491 e. The van der Waals surface area contributed by atoms with E-state index in [-0.39, 0.29) is 12.7 Å². The Morgan fingerprint density at radius 1 is 1.29 bits per heavy atom. The van der Waals surface area contributed by atoms with E-state index in [0.717, 1.165) is 0 Å². The first-order valence-corrected chi connectivity index (χ1v) is 4.69. The predicted octanol–water partition coefficient (Wildman–Crippen LogP) is 1.50. The molecule has 0 saturated carbocycles. The zero-order valence-corrected chi connectivity index (χ0v) is 8.47. The zero-order chi connectivity index (χ0) is 10.6. The molecule has 2 N–H and O–H groups in total.